The normalized spacial score (nSPS) is 12.2. The molecule has 0 aliphatic rings. The summed E-state index contributed by atoms with van der Waals surface area (Å²) in [6.45, 7) is 3.21. The Labute approximate surface area is 153 Å². The molecule has 8 heteroatoms. The maximum absolute atomic E-state index is 13.1. The summed E-state index contributed by atoms with van der Waals surface area (Å²) >= 11 is 1.08. The maximum Gasteiger partial charge on any atom is 0.263 e. The third kappa shape index (κ3) is 2.99. The average Bonchev–Trinajstić information content (AvgIpc) is 2.92. The van der Waals surface area contributed by atoms with Crippen molar-refractivity contribution in [2.45, 2.75) is 26.3 Å². The van der Waals surface area contributed by atoms with Crippen molar-refractivity contribution >= 4 is 33.4 Å². The Morgan fingerprint density at radius 1 is 1.23 bits per heavy atom. The minimum Gasteiger partial charge on any atom is -0.368 e. The van der Waals surface area contributed by atoms with Crippen molar-refractivity contribution in [2.75, 3.05) is 0 Å². The molecule has 3 aromatic rings. The van der Waals surface area contributed by atoms with Gasteiger partial charge in [-0.05, 0) is 25.0 Å². The summed E-state index contributed by atoms with van der Waals surface area (Å²) in [6, 6.07) is 8.60. The predicted molar refractivity (Wildman–Crippen MR) is 100 cm³/mol. The molecule has 4 N–H and O–H groups in total. The standard InChI is InChI=1S/C18H18N4O3S/c1-9-13-17(26-14(9)16(20)24)21-12(8-11-6-4-3-5-7-11)22(18(13)25)10(2)15(19)23/h3-7,10H,8H2,1-2H3,(H2,19,23)(H2,20,24). The highest BCUT2D eigenvalue weighted by molar-refractivity contribution is 7.20. The number of aromatic nitrogens is 2. The van der Waals surface area contributed by atoms with Gasteiger partial charge in [0.15, 0.2) is 0 Å². The summed E-state index contributed by atoms with van der Waals surface area (Å²) in [5.41, 5.74) is 11.9. The zero-order valence-corrected chi connectivity index (χ0v) is 15.2. The second-order valence-electron chi connectivity index (χ2n) is 6.04. The van der Waals surface area contributed by atoms with Gasteiger partial charge in [0, 0.05) is 6.42 Å². The van der Waals surface area contributed by atoms with Crippen LogP contribution in [0, 0.1) is 6.92 Å². The van der Waals surface area contributed by atoms with Gasteiger partial charge >= 0.3 is 0 Å². The molecule has 1 aromatic carbocycles. The van der Waals surface area contributed by atoms with Crippen molar-refractivity contribution < 1.29 is 9.59 Å². The molecule has 2 amide bonds. The minimum atomic E-state index is -0.866. The SMILES string of the molecule is Cc1c(C(N)=O)sc2nc(Cc3ccccc3)n(C(C)C(N)=O)c(=O)c12. The average molecular weight is 370 g/mol. The second kappa shape index (κ2) is 6.72. The molecule has 0 bridgehead atoms. The number of amides is 2. The summed E-state index contributed by atoms with van der Waals surface area (Å²) in [4.78, 5) is 41.8. The highest BCUT2D eigenvalue weighted by Crippen LogP contribution is 2.28. The molecule has 2 heterocycles. The Bertz CT molecular complexity index is 1070. The number of fused-ring (bicyclic) bond motifs is 1. The van der Waals surface area contributed by atoms with Crippen LogP contribution in [0.25, 0.3) is 10.2 Å². The van der Waals surface area contributed by atoms with Gasteiger partial charge in [-0.3, -0.25) is 19.0 Å². The van der Waals surface area contributed by atoms with Crippen LogP contribution in [-0.2, 0) is 11.2 Å². The van der Waals surface area contributed by atoms with E-state index in [0.717, 1.165) is 16.9 Å². The summed E-state index contributed by atoms with van der Waals surface area (Å²) in [7, 11) is 0. The lowest BCUT2D eigenvalue weighted by atomic mass is 10.1. The number of rotatable bonds is 5. The van der Waals surface area contributed by atoms with Crippen molar-refractivity contribution in [1.82, 2.24) is 9.55 Å². The van der Waals surface area contributed by atoms with Gasteiger partial charge in [0.1, 0.15) is 16.7 Å². The number of thiophene rings is 1. The molecule has 0 saturated heterocycles. The summed E-state index contributed by atoms with van der Waals surface area (Å²) < 4.78 is 1.31. The molecule has 0 radical (unpaired) electrons. The van der Waals surface area contributed by atoms with Crippen LogP contribution in [0.15, 0.2) is 35.1 Å². The highest BCUT2D eigenvalue weighted by atomic mass is 32.1. The number of nitrogens with two attached hydrogens (primary N) is 2. The summed E-state index contributed by atoms with van der Waals surface area (Å²) in [5.74, 6) is -0.827. The Hall–Kier alpha value is -3.00. The topological polar surface area (TPSA) is 121 Å². The zero-order chi connectivity index (χ0) is 19.0. The van der Waals surface area contributed by atoms with Gasteiger partial charge in [-0.25, -0.2) is 4.98 Å². The van der Waals surface area contributed by atoms with Crippen LogP contribution in [0.5, 0.6) is 0 Å². The van der Waals surface area contributed by atoms with Gasteiger partial charge in [0.2, 0.25) is 5.91 Å². The molecule has 3 rings (SSSR count). The molecular weight excluding hydrogens is 352 g/mol. The van der Waals surface area contributed by atoms with Crippen LogP contribution in [0.4, 0.5) is 0 Å². The van der Waals surface area contributed by atoms with Crippen LogP contribution in [0.3, 0.4) is 0 Å². The molecule has 1 atom stereocenters. The first kappa shape index (κ1) is 17.8. The van der Waals surface area contributed by atoms with Gasteiger partial charge in [-0.2, -0.15) is 0 Å². The molecule has 26 heavy (non-hydrogen) atoms. The fraction of sp³-hybridized carbons (Fsp3) is 0.222. The lowest BCUT2D eigenvalue weighted by molar-refractivity contribution is -0.120. The van der Waals surface area contributed by atoms with Crippen molar-refractivity contribution in [3.8, 4) is 0 Å². The van der Waals surface area contributed by atoms with E-state index in [1.54, 1.807) is 13.8 Å². The van der Waals surface area contributed by atoms with Crippen molar-refractivity contribution in [3.63, 3.8) is 0 Å². The number of benzene rings is 1. The monoisotopic (exact) mass is 370 g/mol. The summed E-state index contributed by atoms with van der Waals surface area (Å²) in [6.07, 6.45) is 0.354. The van der Waals surface area contributed by atoms with E-state index in [4.69, 9.17) is 11.5 Å². The van der Waals surface area contributed by atoms with Crippen LogP contribution >= 0.6 is 11.3 Å². The van der Waals surface area contributed by atoms with Crippen LogP contribution in [0.2, 0.25) is 0 Å². The Morgan fingerprint density at radius 3 is 2.46 bits per heavy atom. The van der Waals surface area contributed by atoms with E-state index in [-0.39, 0.29) is 0 Å². The quantitative estimate of drug-likeness (QED) is 0.707. The molecule has 7 nitrogen and oxygen atoms in total. The van der Waals surface area contributed by atoms with E-state index >= 15 is 0 Å². The summed E-state index contributed by atoms with van der Waals surface area (Å²) in [5, 5.41) is 0.300. The first-order valence-electron chi connectivity index (χ1n) is 7.98. The molecule has 134 valence electrons. The number of hydrogen-bond acceptors (Lipinski definition) is 5. The van der Waals surface area contributed by atoms with E-state index in [1.807, 2.05) is 30.3 Å². The molecule has 0 saturated carbocycles. The van der Waals surface area contributed by atoms with E-state index in [9.17, 15) is 14.4 Å². The van der Waals surface area contributed by atoms with Gasteiger partial charge < -0.3 is 11.5 Å². The van der Waals surface area contributed by atoms with Crippen LogP contribution in [-0.4, -0.2) is 21.4 Å². The van der Waals surface area contributed by atoms with Gasteiger partial charge in [0.25, 0.3) is 11.5 Å². The fourth-order valence-corrected chi connectivity index (χ4v) is 3.94. The number of hydrogen-bond donors (Lipinski definition) is 2. The minimum absolute atomic E-state index is 0.291. The molecule has 0 aliphatic heterocycles. The molecular formula is C18H18N4O3S. The molecule has 0 aliphatic carbocycles. The third-order valence-electron chi connectivity index (χ3n) is 4.30. The van der Waals surface area contributed by atoms with Gasteiger partial charge in [-0.15, -0.1) is 11.3 Å². The largest absolute Gasteiger partial charge is 0.368 e. The van der Waals surface area contributed by atoms with Gasteiger partial charge in [-0.1, -0.05) is 30.3 Å². The van der Waals surface area contributed by atoms with E-state index in [0.29, 0.717) is 32.9 Å². The van der Waals surface area contributed by atoms with Crippen LogP contribution < -0.4 is 17.0 Å². The first-order valence-corrected chi connectivity index (χ1v) is 8.80. The molecule has 2 aromatic heterocycles. The number of carbonyl (C=O) groups is 2. The lowest BCUT2D eigenvalue weighted by Gasteiger charge is -2.17. The lowest BCUT2D eigenvalue weighted by Crippen LogP contribution is -2.35. The highest BCUT2D eigenvalue weighted by Gasteiger charge is 2.24. The number of aryl methyl sites for hydroxylation is 1. The molecule has 1 unspecified atom stereocenters. The van der Waals surface area contributed by atoms with Crippen molar-refractivity contribution in [1.29, 1.82) is 0 Å². The molecule has 0 spiro atoms. The van der Waals surface area contributed by atoms with E-state index in [1.165, 1.54) is 4.57 Å². The number of carbonyl (C=O) groups excluding carboxylic acids is 2. The van der Waals surface area contributed by atoms with Crippen molar-refractivity contribution in [3.05, 3.63) is 62.5 Å². The Kier molecular flexibility index (Phi) is 4.60. The Balaban J connectivity index is 2.31. The Morgan fingerprint density at radius 2 is 1.88 bits per heavy atom. The second-order valence-corrected chi connectivity index (χ2v) is 7.04. The predicted octanol–water partition coefficient (Wildman–Crippen LogP) is 1.50. The van der Waals surface area contributed by atoms with Crippen LogP contribution in [0.1, 0.15) is 39.6 Å². The van der Waals surface area contributed by atoms with Crippen molar-refractivity contribution in [2.24, 2.45) is 11.5 Å². The van der Waals surface area contributed by atoms with E-state index in [2.05, 4.69) is 4.98 Å². The maximum atomic E-state index is 13.1. The first-order chi connectivity index (χ1) is 12.3. The zero-order valence-electron chi connectivity index (χ0n) is 14.4. The van der Waals surface area contributed by atoms with Gasteiger partial charge in [0.05, 0.1) is 10.3 Å². The number of nitrogens with zero attached hydrogens (tertiary/aromatic N) is 2. The third-order valence-corrected chi connectivity index (χ3v) is 5.50. The number of primary amides is 2. The fourth-order valence-electron chi connectivity index (χ4n) is 2.90. The molecule has 0 fully saturated rings. The van der Waals surface area contributed by atoms with E-state index < -0.39 is 23.4 Å². The smallest absolute Gasteiger partial charge is 0.263 e.